The van der Waals surface area contributed by atoms with Crippen LogP contribution in [0.4, 0.5) is 5.69 Å². The van der Waals surface area contributed by atoms with Crippen LogP contribution in [0.1, 0.15) is 37.0 Å². The molecule has 0 radical (unpaired) electrons. The molecule has 0 saturated carbocycles. The highest BCUT2D eigenvalue weighted by Gasteiger charge is 2.10. The average molecular weight is 290 g/mol. The lowest BCUT2D eigenvalue weighted by atomic mass is 10.0. The summed E-state index contributed by atoms with van der Waals surface area (Å²) in [5.74, 6) is 0.450. The van der Waals surface area contributed by atoms with E-state index in [-0.39, 0.29) is 0 Å². The summed E-state index contributed by atoms with van der Waals surface area (Å²) in [6, 6.07) is 15.5. The van der Waals surface area contributed by atoms with Crippen LogP contribution in [0.3, 0.4) is 0 Å². The van der Waals surface area contributed by atoms with Gasteiger partial charge in [-0.25, -0.2) is 0 Å². The van der Waals surface area contributed by atoms with Crippen LogP contribution in [0.25, 0.3) is 0 Å². The molecular formula is C17H20ClNO. The number of nitrogens with one attached hydrogen (secondary N) is 1. The van der Waals surface area contributed by atoms with E-state index in [1.54, 1.807) is 12.1 Å². The lowest BCUT2D eigenvalue weighted by molar-refractivity contribution is 0.191. The first-order valence-corrected chi connectivity index (χ1v) is 7.22. The van der Waals surface area contributed by atoms with Gasteiger partial charge in [0.15, 0.2) is 0 Å². The lowest BCUT2D eigenvalue weighted by Gasteiger charge is -2.17. The number of anilines is 1. The van der Waals surface area contributed by atoms with Gasteiger partial charge in [-0.2, -0.15) is 0 Å². The third-order valence-electron chi connectivity index (χ3n) is 3.32. The van der Waals surface area contributed by atoms with Crippen molar-refractivity contribution in [3.8, 4) is 0 Å². The van der Waals surface area contributed by atoms with Gasteiger partial charge in [0.1, 0.15) is 0 Å². The maximum absolute atomic E-state index is 10.2. The molecule has 106 valence electrons. The number of hydrogen-bond acceptors (Lipinski definition) is 2. The molecule has 0 aliphatic carbocycles. The standard InChI is InChI=1S/C17H20ClNO/c1-12(2)15-5-3-4-6-16(15)19-11-17(20)13-7-9-14(18)10-8-13/h3-10,12,17,19-20H,11H2,1-2H3. The van der Waals surface area contributed by atoms with Gasteiger partial charge in [-0.05, 0) is 35.2 Å². The highest BCUT2D eigenvalue weighted by molar-refractivity contribution is 6.30. The molecule has 2 aromatic rings. The summed E-state index contributed by atoms with van der Waals surface area (Å²) >= 11 is 5.85. The first kappa shape index (κ1) is 14.9. The number of para-hydroxylation sites is 1. The number of halogens is 1. The zero-order valence-corrected chi connectivity index (χ0v) is 12.6. The van der Waals surface area contributed by atoms with Crippen LogP contribution in [0.2, 0.25) is 5.02 Å². The van der Waals surface area contributed by atoms with E-state index in [1.165, 1.54) is 5.56 Å². The zero-order chi connectivity index (χ0) is 14.5. The van der Waals surface area contributed by atoms with Gasteiger partial charge in [0.2, 0.25) is 0 Å². The molecule has 0 heterocycles. The van der Waals surface area contributed by atoms with E-state index < -0.39 is 6.10 Å². The summed E-state index contributed by atoms with van der Waals surface area (Å²) in [6.45, 7) is 4.80. The van der Waals surface area contributed by atoms with Crippen molar-refractivity contribution in [2.45, 2.75) is 25.9 Å². The topological polar surface area (TPSA) is 32.3 Å². The number of aliphatic hydroxyl groups excluding tert-OH is 1. The van der Waals surface area contributed by atoms with Crippen molar-refractivity contribution >= 4 is 17.3 Å². The number of benzene rings is 2. The molecule has 2 nitrogen and oxygen atoms in total. The molecule has 20 heavy (non-hydrogen) atoms. The molecule has 3 heteroatoms. The minimum Gasteiger partial charge on any atom is -0.387 e. The Kier molecular flexibility index (Phi) is 5.05. The largest absolute Gasteiger partial charge is 0.387 e. The lowest BCUT2D eigenvalue weighted by Crippen LogP contribution is -2.13. The van der Waals surface area contributed by atoms with E-state index in [9.17, 15) is 5.11 Å². The van der Waals surface area contributed by atoms with Crippen LogP contribution >= 0.6 is 11.6 Å². The Morgan fingerprint density at radius 1 is 1.05 bits per heavy atom. The molecule has 0 saturated heterocycles. The van der Waals surface area contributed by atoms with Crippen molar-refractivity contribution in [3.05, 3.63) is 64.7 Å². The molecule has 1 atom stereocenters. The Bertz CT molecular complexity index is 551. The number of rotatable bonds is 5. The molecule has 1 unspecified atom stereocenters. The summed E-state index contributed by atoms with van der Waals surface area (Å²) in [4.78, 5) is 0. The van der Waals surface area contributed by atoms with Crippen molar-refractivity contribution in [2.24, 2.45) is 0 Å². The first-order valence-electron chi connectivity index (χ1n) is 6.84. The Labute approximate surface area is 125 Å². The smallest absolute Gasteiger partial charge is 0.0962 e. The van der Waals surface area contributed by atoms with Gasteiger partial charge < -0.3 is 10.4 Å². The highest BCUT2D eigenvalue weighted by Crippen LogP contribution is 2.24. The Morgan fingerprint density at radius 3 is 2.35 bits per heavy atom. The molecule has 0 amide bonds. The van der Waals surface area contributed by atoms with Gasteiger partial charge in [0.25, 0.3) is 0 Å². The monoisotopic (exact) mass is 289 g/mol. The molecular weight excluding hydrogens is 270 g/mol. The van der Waals surface area contributed by atoms with E-state index in [4.69, 9.17) is 11.6 Å². The average Bonchev–Trinajstić information content (AvgIpc) is 2.45. The van der Waals surface area contributed by atoms with Gasteiger partial charge >= 0.3 is 0 Å². The second-order valence-electron chi connectivity index (χ2n) is 5.19. The van der Waals surface area contributed by atoms with Crippen LogP contribution in [0.5, 0.6) is 0 Å². The summed E-state index contributed by atoms with van der Waals surface area (Å²) < 4.78 is 0. The van der Waals surface area contributed by atoms with E-state index in [0.717, 1.165) is 11.3 Å². The fraction of sp³-hybridized carbons (Fsp3) is 0.294. The van der Waals surface area contributed by atoms with E-state index >= 15 is 0 Å². The van der Waals surface area contributed by atoms with Crippen molar-refractivity contribution in [2.75, 3.05) is 11.9 Å². The predicted molar refractivity (Wildman–Crippen MR) is 85.4 cm³/mol. The summed E-state index contributed by atoms with van der Waals surface area (Å²) in [5.41, 5.74) is 3.20. The van der Waals surface area contributed by atoms with Crippen LogP contribution < -0.4 is 5.32 Å². The van der Waals surface area contributed by atoms with Crippen LogP contribution in [-0.2, 0) is 0 Å². The fourth-order valence-corrected chi connectivity index (χ4v) is 2.30. The first-order chi connectivity index (χ1) is 9.58. The Morgan fingerprint density at radius 2 is 1.70 bits per heavy atom. The summed E-state index contributed by atoms with van der Waals surface area (Å²) in [6.07, 6.45) is -0.549. The maximum atomic E-state index is 10.2. The SMILES string of the molecule is CC(C)c1ccccc1NCC(O)c1ccc(Cl)cc1. The molecule has 0 aliphatic heterocycles. The highest BCUT2D eigenvalue weighted by atomic mass is 35.5. The predicted octanol–water partition coefficient (Wildman–Crippen LogP) is 4.61. The molecule has 0 aliphatic rings. The van der Waals surface area contributed by atoms with Crippen molar-refractivity contribution in [1.29, 1.82) is 0 Å². The van der Waals surface area contributed by atoms with Crippen molar-refractivity contribution in [3.63, 3.8) is 0 Å². The second kappa shape index (κ2) is 6.78. The number of hydrogen-bond donors (Lipinski definition) is 2. The second-order valence-corrected chi connectivity index (χ2v) is 5.63. The molecule has 0 aromatic heterocycles. The molecule has 2 aromatic carbocycles. The van der Waals surface area contributed by atoms with E-state index in [0.29, 0.717) is 17.5 Å². The van der Waals surface area contributed by atoms with Crippen LogP contribution in [0.15, 0.2) is 48.5 Å². The van der Waals surface area contributed by atoms with Crippen molar-refractivity contribution in [1.82, 2.24) is 0 Å². The van der Waals surface area contributed by atoms with Gasteiger partial charge in [0, 0.05) is 17.3 Å². The van der Waals surface area contributed by atoms with Gasteiger partial charge in [0.05, 0.1) is 6.10 Å². The molecule has 2 rings (SSSR count). The van der Waals surface area contributed by atoms with E-state index in [1.807, 2.05) is 30.3 Å². The van der Waals surface area contributed by atoms with Gasteiger partial charge in [-0.1, -0.05) is 55.8 Å². The normalized spacial score (nSPS) is 12.4. The molecule has 2 N–H and O–H groups in total. The van der Waals surface area contributed by atoms with Gasteiger partial charge in [-0.15, -0.1) is 0 Å². The quantitative estimate of drug-likeness (QED) is 0.842. The Balaban J connectivity index is 2.03. The molecule has 0 spiro atoms. The number of aliphatic hydroxyl groups is 1. The molecule has 0 fully saturated rings. The maximum Gasteiger partial charge on any atom is 0.0962 e. The summed E-state index contributed by atoms with van der Waals surface area (Å²) in [5, 5.41) is 14.2. The third-order valence-corrected chi connectivity index (χ3v) is 3.58. The summed E-state index contributed by atoms with van der Waals surface area (Å²) in [7, 11) is 0. The van der Waals surface area contributed by atoms with Crippen LogP contribution in [0, 0.1) is 0 Å². The minimum atomic E-state index is -0.549. The van der Waals surface area contributed by atoms with Crippen LogP contribution in [-0.4, -0.2) is 11.7 Å². The third kappa shape index (κ3) is 3.75. The van der Waals surface area contributed by atoms with Crippen molar-refractivity contribution < 1.29 is 5.11 Å². The minimum absolute atomic E-state index is 0.450. The fourth-order valence-electron chi connectivity index (χ4n) is 2.17. The Hall–Kier alpha value is -1.51. The van der Waals surface area contributed by atoms with E-state index in [2.05, 4.69) is 25.2 Å². The van der Waals surface area contributed by atoms with Gasteiger partial charge in [-0.3, -0.25) is 0 Å². The molecule has 0 bridgehead atoms. The zero-order valence-electron chi connectivity index (χ0n) is 11.8.